The van der Waals surface area contributed by atoms with Gasteiger partial charge in [0.1, 0.15) is 6.10 Å². The van der Waals surface area contributed by atoms with Gasteiger partial charge in [0, 0.05) is 18.6 Å². The van der Waals surface area contributed by atoms with Gasteiger partial charge in [0.15, 0.2) is 0 Å². The zero-order valence-electron chi connectivity index (χ0n) is 11.3. The summed E-state index contributed by atoms with van der Waals surface area (Å²) in [6.45, 7) is 3.36. The predicted molar refractivity (Wildman–Crippen MR) is 68.8 cm³/mol. The van der Waals surface area contributed by atoms with Crippen LogP contribution < -0.4 is 5.32 Å². The number of likely N-dealkylation sites (N-methyl/N-ethyl adjacent to an activating group) is 1. The maximum atomic E-state index is 8.61. The Morgan fingerprint density at radius 1 is 1.41 bits per heavy atom. The largest absolute Gasteiger partial charge is 0.362 e. The Hall–Kier alpha value is -0.630. The molecule has 1 aliphatic carbocycles. The summed E-state index contributed by atoms with van der Waals surface area (Å²) >= 11 is 0. The molecule has 0 aliphatic heterocycles. The molecular weight excluding hydrogens is 214 g/mol. The average molecular weight is 239 g/mol. The first-order valence-electron chi connectivity index (χ1n) is 6.56. The van der Waals surface area contributed by atoms with Gasteiger partial charge >= 0.3 is 0 Å². The summed E-state index contributed by atoms with van der Waals surface area (Å²) in [4.78, 5) is 2.37. The SMILES string of the molecule is CNC1CCC(N(C)CCOC(C)C#N)CC1. The summed E-state index contributed by atoms with van der Waals surface area (Å²) in [5.41, 5.74) is 0. The van der Waals surface area contributed by atoms with Crippen LogP contribution in [0, 0.1) is 11.3 Å². The third kappa shape index (κ3) is 5.03. The maximum absolute atomic E-state index is 8.61. The highest BCUT2D eigenvalue weighted by atomic mass is 16.5. The highest BCUT2D eigenvalue weighted by molar-refractivity contribution is 4.82. The van der Waals surface area contributed by atoms with E-state index in [9.17, 15) is 0 Å². The fourth-order valence-electron chi connectivity index (χ4n) is 2.40. The molecule has 1 fully saturated rings. The molecule has 1 N–H and O–H groups in total. The number of hydrogen-bond donors (Lipinski definition) is 1. The summed E-state index contributed by atoms with van der Waals surface area (Å²) in [5, 5.41) is 12.0. The Labute approximate surface area is 105 Å². The molecule has 4 heteroatoms. The van der Waals surface area contributed by atoms with E-state index in [0.717, 1.165) is 6.54 Å². The van der Waals surface area contributed by atoms with Crippen LogP contribution in [0.1, 0.15) is 32.6 Å². The zero-order valence-corrected chi connectivity index (χ0v) is 11.3. The summed E-state index contributed by atoms with van der Waals surface area (Å²) in [6, 6.07) is 3.47. The minimum Gasteiger partial charge on any atom is -0.362 e. The highest BCUT2D eigenvalue weighted by Gasteiger charge is 2.22. The first-order chi connectivity index (χ1) is 8.17. The lowest BCUT2D eigenvalue weighted by Crippen LogP contribution is -2.41. The van der Waals surface area contributed by atoms with E-state index in [1.165, 1.54) is 25.7 Å². The van der Waals surface area contributed by atoms with E-state index in [1.807, 2.05) is 7.05 Å². The van der Waals surface area contributed by atoms with Crippen LogP contribution in [0.2, 0.25) is 0 Å². The van der Waals surface area contributed by atoms with Gasteiger partial charge in [-0.2, -0.15) is 5.26 Å². The van der Waals surface area contributed by atoms with Crippen molar-refractivity contribution < 1.29 is 4.74 Å². The van der Waals surface area contributed by atoms with Crippen LogP contribution in [0.3, 0.4) is 0 Å². The number of hydrogen-bond acceptors (Lipinski definition) is 4. The van der Waals surface area contributed by atoms with Crippen molar-refractivity contribution in [1.82, 2.24) is 10.2 Å². The van der Waals surface area contributed by atoms with Crippen molar-refractivity contribution in [2.75, 3.05) is 27.2 Å². The van der Waals surface area contributed by atoms with E-state index < -0.39 is 0 Å². The molecule has 0 saturated heterocycles. The summed E-state index contributed by atoms with van der Waals surface area (Å²) in [5.74, 6) is 0. The molecular formula is C13H25N3O. The van der Waals surface area contributed by atoms with Crippen molar-refractivity contribution >= 4 is 0 Å². The lowest BCUT2D eigenvalue weighted by molar-refractivity contribution is 0.0667. The molecule has 4 nitrogen and oxygen atoms in total. The fourth-order valence-corrected chi connectivity index (χ4v) is 2.40. The average Bonchev–Trinajstić information content (AvgIpc) is 2.38. The third-order valence-corrected chi connectivity index (χ3v) is 3.72. The van der Waals surface area contributed by atoms with Gasteiger partial charge in [0.05, 0.1) is 12.7 Å². The molecule has 1 aliphatic rings. The zero-order chi connectivity index (χ0) is 12.7. The van der Waals surface area contributed by atoms with Gasteiger partial charge in [-0.1, -0.05) is 0 Å². The van der Waals surface area contributed by atoms with Crippen molar-refractivity contribution in [2.24, 2.45) is 0 Å². The van der Waals surface area contributed by atoms with Gasteiger partial charge in [-0.05, 0) is 46.7 Å². The Bertz CT molecular complexity index is 244. The first-order valence-corrected chi connectivity index (χ1v) is 6.56. The molecule has 0 heterocycles. The van der Waals surface area contributed by atoms with Crippen molar-refractivity contribution in [3.63, 3.8) is 0 Å². The lowest BCUT2D eigenvalue weighted by Gasteiger charge is -2.34. The molecule has 0 bridgehead atoms. The molecule has 98 valence electrons. The first kappa shape index (κ1) is 14.4. The summed E-state index contributed by atoms with van der Waals surface area (Å²) in [7, 11) is 4.20. The molecule has 1 unspecified atom stereocenters. The monoisotopic (exact) mass is 239 g/mol. The van der Waals surface area contributed by atoms with Gasteiger partial charge in [-0.15, -0.1) is 0 Å². The molecule has 1 saturated carbocycles. The fraction of sp³-hybridized carbons (Fsp3) is 0.923. The third-order valence-electron chi connectivity index (χ3n) is 3.72. The molecule has 0 amide bonds. The second-order valence-corrected chi connectivity index (χ2v) is 4.92. The predicted octanol–water partition coefficient (Wildman–Crippen LogP) is 1.38. The highest BCUT2D eigenvalue weighted by Crippen LogP contribution is 2.21. The molecule has 0 aromatic heterocycles. The molecule has 0 aromatic rings. The number of rotatable bonds is 6. The minimum atomic E-state index is -0.288. The van der Waals surface area contributed by atoms with E-state index in [0.29, 0.717) is 18.7 Å². The van der Waals surface area contributed by atoms with Crippen LogP contribution in [-0.2, 0) is 4.74 Å². The molecule has 0 radical (unpaired) electrons. The normalized spacial score (nSPS) is 26.8. The summed E-state index contributed by atoms with van der Waals surface area (Å²) in [6.07, 6.45) is 4.76. The Morgan fingerprint density at radius 3 is 2.59 bits per heavy atom. The van der Waals surface area contributed by atoms with Crippen LogP contribution >= 0.6 is 0 Å². The van der Waals surface area contributed by atoms with Gasteiger partial charge in [0.25, 0.3) is 0 Å². The Morgan fingerprint density at radius 2 is 2.06 bits per heavy atom. The second kappa shape index (κ2) is 7.65. The maximum Gasteiger partial charge on any atom is 0.141 e. The van der Waals surface area contributed by atoms with Crippen molar-refractivity contribution in [2.45, 2.75) is 50.8 Å². The van der Waals surface area contributed by atoms with Crippen LogP contribution in [0.4, 0.5) is 0 Å². The second-order valence-electron chi connectivity index (χ2n) is 4.92. The van der Waals surface area contributed by atoms with Crippen molar-refractivity contribution in [1.29, 1.82) is 5.26 Å². The standard InChI is InChI=1S/C13H25N3O/c1-11(10-14)17-9-8-16(3)13-6-4-12(15-2)5-7-13/h11-13,15H,4-9H2,1-3H3. The molecule has 1 atom stereocenters. The van der Waals surface area contributed by atoms with Crippen molar-refractivity contribution in [3.05, 3.63) is 0 Å². The van der Waals surface area contributed by atoms with E-state index in [1.54, 1.807) is 6.92 Å². The molecule has 0 spiro atoms. The molecule has 1 rings (SSSR count). The summed E-state index contributed by atoms with van der Waals surface area (Å²) < 4.78 is 5.38. The van der Waals surface area contributed by atoms with Gasteiger partial charge < -0.3 is 15.0 Å². The van der Waals surface area contributed by atoms with Gasteiger partial charge in [0.2, 0.25) is 0 Å². The number of nitriles is 1. The van der Waals surface area contributed by atoms with Crippen LogP contribution in [0.15, 0.2) is 0 Å². The topological polar surface area (TPSA) is 48.3 Å². The number of nitrogens with zero attached hydrogens (tertiary/aromatic N) is 2. The van der Waals surface area contributed by atoms with Crippen molar-refractivity contribution in [3.8, 4) is 6.07 Å². The van der Waals surface area contributed by atoms with E-state index in [4.69, 9.17) is 10.00 Å². The number of nitrogens with one attached hydrogen (secondary N) is 1. The van der Waals surface area contributed by atoms with Gasteiger partial charge in [-0.3, -0.25) is 0 Å². The van der Waals surface area contributed by atoms with E-state index in [-0.39, 0.29) is 6.10 Å². The van der Waals surface area contributed by atoms with Crippen LogP contribution in [0.25, 0.3) is 0 Å². The van der Waals surface area contributed by atoms with Crippen LogP contribution in [0.5, 0.6) is 0 Å². The van der Waals surface area contributed by atoms with Gasteiger partial charge in [-0.25, -0.2) is 0 Å². The smallest absolute Gasteiger partial charge is 0.141 e. The van der Waals surface area contributed by atoms with E-state index in [2.05, 4.69) is 23.3 Å². The molecule has 0 aromatic carbocycles. The van der Waals surface area contributed by atoms with E-state index >= 15 is 0 Å². The molecule has 17 heavy (non-hydrogen) atoms. The quantitative estimate of drug-likeness (QED) is 0.760. The Balaban J connectivity index is 2.16. The van der Waals surface area contributed by atoms with Crippen LogP contribution in [-0.4, -0.2) is 50.3 Å². The number of ether oxygens (including phenoxy) is 1. The Kier molecular flexibility index (Phi) is 6.49. The lowest BCUT2D eigenvalue weighted by atomic mass is 9.90. The minimum absolute atomic E-state index is 0.288.